The summed E-state index contributed by atoms with van der Waals surface area (Å²) in [5.41, 5.74) is 1.16. The highest BCUT2D eigenvalue weighted by Gasteiger charge is 2.32. The van der Waals surface area contributed by atoms with E-state index in [9.17, 15) is 9.59 Å². The Morgan fingerprint density at radius 2 is 2.17 bits per heavy atom. The van der Waals surface area contributed by atoms with Crippen LogP contribution in [0, 0.1) is 0 Å². The topological polar surface area (TPSA) is 90.5 Å². The van der Waals surface area contributed by atoms with Crippen molar-refractivity contribution in [1.29, 1.82) is 0 Å². The van der Waals surface area contributed by atoms with Gasteiger partial charge in [0.25, 0.3) is 5.56 Å². The number of amides is 1. The Labute approximate surface area is 136 Å². The normalized spacial score (nSPS) is 16.8. The molecule has 1 unspecified atom stereocenters. The maximum atomic E-state index is 12.9. The average molecular weight is 325 g/mol. The first-order valence-corrected chi connectivity index (χ1v) is 7.46. The second-order valence-electron chi connectivity index (χ2n) is 5.68. The Morgan fingerprint density at radius 1 is 1.33 bits per heavy atom. The monoisotopic (exact) mass is 325 g/mol. The molecule has 3 aromatic rings. The molecule has 0 saturated heterocycles. The van der Waals surface area contributed by atoms with E-state index in [1.165, 1.54) is 15.4 Å². The van der Waals surface area contributed by atoms with Crippen molar-refractivity contribution in [3.63, 3.8) is 0 Å². The number of aromatic nitrogens is 4. The Bertz CT molecular complexity index is 1020. The number of methoxy groups -OCH3 is 1. The maximum absolute atomic E-state index is 12.9. The Balaban J connectivity index is 2.01. The lowest BCUT2D eigenvalue weighted by Crippen LogP contribution is -2.35. The fourth-order valence-electron chi connectivity index (χ4n) is 3.16. The van der Waals surface area contributed by atoms with Gasteiger partial charge in [-0.2, -0.15) is 14.6 Å². The van der Waals surface area contributed by atoms with Crippen molar-refractivity contribution in [1.82, 2.24) is 19.2 Å². The summed E-state index contributed by atoms with van der Waals surface area (Å²) in [6, 6.07) is 7.41. The number of fused-ring (bicyclic) bond motifs is 3. The summed E-state index contributed by atoms with van der Waals surface area (Å²) in [7, 11) is 3.23. The zero-order valence-electron chi connectivity index (χ0n) is 13.2. The highest BCUT2D eigenvalue weighted by Crippen LogP contribution is 2.35. The van der Waals surface area contributed by atoms with Gasteiger partial charge in [-0.25, -0.2) is 0 Å². The fraction of sp³-hybridized carbons (Fsp3) is 0.250. The second-order valence-corrected chi connectivity index (χ2v) is 5.68. The molecule has 0 saturated carbocycles. The predicted octanol–water partition coefficient (Wildman–Crippen LogP) is 0.911. The first kappa shape index (κ1) is 14.4. The van der Waals surface area contributed by atoms with Gasteiger partial charge in [0.2, 0.25) is 11.7 Å². The minimum Gasteiger partial charge on any atom is -0.497 e. The van der Waals surface area contributed by atoms with Gasteiger partial charge in [-0.15, -0.1) is 0 Å². The third-order valence-corrected chi connectivity index (χ3v) is 4.32. The Morgan fingerprint density at radius 3 is 2.96 bits per heavy atom. The number of hydrogen-bond acceptors (Lipinski definition) is 5. The van der Waals surface area contributed by atoms with Crippen molar-refractivity contribution in [2.75, 3.05) is 12.4 Å². The van der Waals surface area contributed by atoms with Crippen LogP contribution in [0.2, 0.25) is 0 Å². The van der Waals surface area contributed by atoms with Crippen LogP contribution in [0.1, 0.15) is 23.5 Å². The summed E-state index contributed by atoms with van der Waals surface area (Å²) in [6.45, 7) is 0. The van der Waals surface area contributed by atoms with E-state index in [0.29, 0.717) is 22.9 Å². The third-order valence-electron chi connectivity index (χ3n) is 4.32. The number of carbonyl (C=O) groups is 1. The van der Waals surface area contributed by atoms with Gasteiger partial charge in [-0.3, -0.25) is 14.2 Å². The zero-order valence-corrected chi connectivity index (χ0v) is 13.2. The smallest absolute Gasteiger partial charge is 0.260 e. The summed E-state index contributed by atoms with van der Waals surface area (Å²) >= 11 is 0. The maximum Gasteiger partial charge on any atom is 0.260 e. The zero-order chi connectivity index (χ0) is 16.8. The number of anilines is 1. The number of aryl methyl sites for hydroxylation is 1. The van der Waals surface area contributed by atoms with Gasteiger partial charge < -0.3 is 10.1 Å². The molecule has 1 aliphatic rings. The van der Waals surface area contributed by atoms with E-state index in [1.807, 2.05) is 24.3 Å². The van der Waals surface area contributed by atoms with Crippen LogP contribution in [0.4, 0.5) is 5.82 Å². The first-order chi connectivity index (χ1) is 11.6. The molecule has 1 atom stereocenters. The van der Waals surface area contributed by atoms with Crippen LogP contribution < -0.4 is 15.6 Å². The molecule has 1 N–H and O–H groups in total. The molecule has 0 aliphatic carbocycles. The van der Waals surface area contributed by atoms with E-state index in [-0.39, 0.29) is 23.8 Å². The summed E-state index contributed by atoms with van der Waals surface area (Å²) in [5.74, 6) is 0.912. The number of rotatable bonds is 2. The van der Waals surface area contributed by atoms with E-state index >= 15 is 0 Å². The number of benzene rings is 1. The molecule has 4 rings (SSSR count). The standard InChI is InChI=1S/C16H15N5O3/c1-20-15(23)13-11(9-4-3-5-10(6-9)24-2)7-12(22)19-14(13)21-16(20)17-8-18-21/h3-6,8,11H,7H2,1-2H3,(H,19,22). The summed E-state index contributed by atoms with van der Waals surface area (Å²) in [6.07, 6.45) is 1.55. The van der Waals surface area contributed by atoms with Crippen LogP contribution in [0.3, 0.4) is 0 Å². The molecular formula is C16H15N5O3. The number of nitrogens with one attached hydrogen (secondary N) is 1. The molecule has 2 aromatic heterocycles. The number of ether oxygens (including phenoxy) is 1. The van der Waals surface area contributed by atoms with Crippen molar-refractivity contribution in [2.45, 2.75) is 12.3 Å². The quantitative estimate of drug-likeness (QED) is 0.756. The van der Waals surface area contributed by atoms with E-state index in [2.05, 4.69) is 15.4 Å². The van der Waals surface area contributed by atoms with E-state index < -0.39 is 0 Å². The molecule has 1 aliphatic heterocycles. The molecule has 122 valence electrons. The van der Waals surface area contributed by atoms with Gasteiger partial charge >= 0.3 is 0 Å². The molecule has 24 heavy (non-hydrogen) atoms. The van der Waals surface area contributed by atoms with Crippen LogP contribution in [-0.2, 0) is 11.8 Å². The Hall–Kier alpha value is -3.16. The second kappa shape index (κ2) is 5.19. The molecular weight excluding hydrogens is 310 g/mol. The fourth-order valence-corrected chi connectivity index (χ4v) is 3.16. The van der Waals surface area contributed by atoms with Gasteiger partial charge in [0.05, 0.1) is 12.7 Å². The van der Waals surface area contributed by atoms with E-state index in [1.54, 1.807) is 14.2 Å². The largest absolute Gasteiger partial charge is 0.497 e. The van der Waals surface area contributed by atoms with Crippen molar-refractivity contribution in [3.05, 3.63) is 52.1 Å². The number of carbonyl (C=O) groups excluding carboxylic acids is 1. The SMILES string of the molecule is COc1cccc(C2CC(=O)Nc3c2c(=O)n(C)c2ncnn32)c1. The van der Waals surface area contributed by atoms with Gasteiger partial charge in [-0.05, 0) is 17.7 Å². The summed E-state index contributed by atoms with van der Waals surface area (Å²) in [5, 5.41) is 6.90. The molecule has 3 heterocycles. The highest BCUT2D eigenvalue weighted by atomic mass is 16.5. The van der Waals surface area contributed by atoms with Crippen LogP contribution in [0.25, 0.3) is 5.78 Å². The van der Waals surface area contributed by atoms with Crippen molar-refractivity contribution in [3.8, 4) is 5.75 Å². The summed E-state index contributed by atoms with van der Waals surface area (Å²) in [4.78, 5) is 29.2. The van der Waals surface area contributed by atoms with Crippen molar-refractivity contribution >= 4 is 17.5 Å². The lowest BCUT2D eigenvalue weighted by Gasteiger charge is -2.26. The molecule has 8 nitrogen and oxygen atoms in total. The number of hydrogen-bond donors (Lipinski definition) is 1. The third kappa shape index (κ3) is 1.99. The van der Waals surface area contributed by atoms with Gasteiger partial charge in [-0.1, -0.05) is 12.1 Å². The molecule has 0 spiro atoms. The lowest BCUT2D eigenvalue weighted by atomic mass is 9.86. The van der Waals surface area contributed by atoms with Crippen molar-refractivity contribution in [2.24, 2.45) is 7.05 Å². The van der Waals surface area contributed by atoms with Gasteiger partial charge in [0.15, 0.2) is 0 Å². The first-order valence-electron chi connectivity index (χ1n) is 7.46. The van der Waals surface area contributed by atoms with Crippen LogP contribution in [0.5, 0.6) is 5.75 Å². The minimum absolute atomic E-state index is 0.166. The predicted molar refractivity (Wildman–Crippen MR) is 86.3 cm³/mol. The number of nitrogens with zero attached hydrogens (tertiary/aromatic N) is 4. The summed E-state index contributed by atoms with van der Waals surface area (Å²) < 4.78 is 8.19. The van der Waals surface area contributed by atoms with Crippen molar-refractivity contribution < 1.29 is 9.53 Å². The molecule has 0 radical (unpaired) electrons. The molecule has 8 heteroatoms. The van der Waals surface area contributed by atoms with Crippen LogP contribution in [-0.4, -0.2) is 32.2 Å². The minimum atomic E-state index is -0.365. The van der Waals surface area contributed by atoms with E-state index in [4.69, 9.17) is 4.74 Å². The van der Waals surface area contributed by atoms with Gasteiger partial charge in [0.1, 0.15) is 17.9 Å². The Kier molecular flexibility index (Phi) is 3.12. The highest BCUT2D eigenvalue weighted by molar-refractivity contribution is 5.94. The lowest BCUT2D eigenvalue weighted by molar-refractivity contribution is -0.116. The molecule has 0 fully saturated rings. The van der Waals surface area contributed by atoms with Gasteiger partial charge in [0, 0.05) is 19.4 Å². The molecule has 0 bridgehead atoms. The molecule has 1 aromatic carbocycles. The van der Waals surface area contributed by atoms with E-state index in [0.717, 1.165) is 5.56 Å². The van der Waals surface area contributed by atoms with Crippen LogP contribution >= 0.6 is 0 Å². The average Bonchev–Trinajstić information content (AvgIpc) is 3.09. The van der Waals surface area contributed by atoms with Crippen LogP contribution in [0.15, 0.2) is 35.4 Å². The molecule has 1 amide bonds.